The van der Waals surface area contributed by atoms with Crippen LogP contribution < -0.4 is 27.3 Å². The van der Waals surface area contributed by atoms with Crippen molar-refractivity contribution in [2.75, 3.05) is 42.0 Å². The van der Waals surface area contributed by atoms with Crippen LogP contribution in [0, 0.1) is 5.41 Å². The van der Waals surface area contributed by atoms with Gasteiger partial charge in [-0.05, 0) is 30.1 Å². The molecule has 17 heteroatoms. The molecule has 3 atom stereocenters. The number of thiazole rings is 1. The van der Waals surface area contributed by atoms with Gasteiger partial charge in [0.1, 0.15) is 35.3 Å². The number of nitrogen functional groups attached to an aromatic ring is 3. The number of carboxylic acid groups (broad SMARTS) is 1. The molecule has 4 rings (SSSR count). The van der Waals surface area contributed by atoms with Gasteiger partial charge in [-0.1, -0.05) is 12.1 Å². The number of thioether (sulfide) groups is 2. The molecule has 0 aliphatic carbocycles. The summed E-state index contributed by atoms with van der Waals surface area (Å²) < 4.78 is 1.33. The van der Waals surface area contributed by atoms with Gasteiger partial charge in [-0.15, -0.1) is 27.8 Å². The number of nitrogens with two attached hydrogens (primary N) is 3. The molecule has 2 unspecified atom stereocenters. The monoisotopic (exact) mass is 582 g/mol. The Morgan fingerprint density at radius 1 is 1.39 bits per heavy atom. The Labute approximate surface area is 230 Å². The zero-order chi connectivity index (χ0) is 27.6. The number of aromatic nitrogens is 3. The Bertz CT molecular complexity index is 1290. The summed E-state index contributed by atoms with van der Waals surface area (Å²) in [5.74, 6) is 4.64. The van der Waals surface area contributed by atoms with Crippen LogP contribution in [-0.2, 0) is 25.6 Å². The van der Waals surface area contributed by atoms with E-state index in [1.54, 1.807) is 18.5 Å². The molecule has 0 aromatic carbocycles. The summed E-state index contributed by atoms with van der Waals surface area (Å²) in [6.45, 7) is 3.85. The molecule has 0 spiro atoms. The van der Waals surface area contributed by atoms with Crippen LogP contribution in [0.15, 0.2) is 21.9 Å². The van der Waals surface area contributed by atoms with E-state index in [9.17, 15) is 19.5 Å². The first-order valence-corrected chi connectivity index (χ1v) is 14.5. The minimum absolute atomic E-state index is 0.0200. The lowest BCUT2D eigenvalue weighted by Crippen LogP contribution is -2.74. The van der Waals surface area contributed by atoms with E-state index in [2.05, 4.69) is 20.4 Å². The lowest BCUT2D eigenvalue weighted by atomic mass is 9.89. The first-order chi connectivity index (χ1) is 18.1. The molecule has 38 heavy (non-hydrogen) atoms. The van der Waals surface area contributed by atoms with Crippen LogP contribution in [0.1, 0.15) is 25.1 Å². The first-order valence-electron chi connectivity index (χ1n) is 11.6. The summed E-state index contributed by atoms with van der Waals surface area (Å²) in [6, 6.07) is -0.844. The lowest BCUT2D eigenvalue weighted by Gasteiger charge is -2.53. The molecule has 2 aromatic rings. The largest absolute Gasteiger partial charge is 0.481 e. The maximum Gasteiger partial charge on any atom is 0.384 e. The van der Waals surface area contributed by atoms with Crippen molar-refractivity contribution < 1.29 is 29.0 Å². The Morgan fingerprint density at radius 2 is 2.16 bits per heavy atom. The molecule has 4 heterocycles. The van der Waals surface area contributed by atoms with Crippen molar-refractivity contribution in [1.29, 1.82) is 0 Å². The minimum Gasteiger partial charge on any atom is -0.481 e. The average Bonchev–Trinajstić information content (AvgIpc) is 3.33. The van der Waals surface area contributed by atoms with Gasteiger partial charge in [-0.25, -0.2) is 4.98 Å². The zero-order valence-electron chi connectivity index (χ0n) is 20.6. The predicted molar refractivity (Wildman–Crippen MR) is 144 cm³/mol. The molecule has 2 amide bonds. The van der Waals surface area contributed by atoms with Crippen molar-refractivity contribution in [3.63, 3.8) is 0 Å². The fraction of sp³-hybridized carbons (Fsp3) is 0.476. The van der Waals surface area contributed by atoms with Gasteiger partial charge in [-0.2, -0.15) is 0 Å². The third kappa shape index (κ3) is 5.30. The van der Waals surface area contributed by atoms with Gasteiger partial charge in [0, 0.05) is 23.4 Å². The van der Waals surface area contributed by atoms with Crippen molar-refractivity contribution in [3.05, 3.63) is 22.8 Å². The van der Waals surface area contributed by atoms with E-state index in [1.165, 1.54) is 21.3 Å². The fourth-order valence-corrected chi connectivity index (χ4v) is 7.26. The lowest BCUT2D eigenvalue weighted by molar-refractivity contribution is -0.682. The van der Waals surface area contributed by atoms with E-state index in [0.29, 0.717) is 17.4 Å². The van der Waals surface area contributed by atoms with Gasteiger partial charge < -0.3 is 31.6 Å². The summed E-state index contributed by atoms with van der Waals surface area (Å²) >= 11 is 3.60. The number of carbonyl (C=O) groups excluding carboxylic acids is 2. The van der Waals surface area contributed by atoms with Crippen LogP contribution in [0.2, 0.25) is 0 Å². The highest BCUT2D eigenvalue weighted by atomic mass is 32.2. The second-order valence-corrected chi connectivity index (χ2v) is 11.6. The Hall–Kier alpha value is -3.31. The fourth-order valence-electron chi connectivity index (χ4n) is 3.95. The maximum absolute atomic E-state index is 13.0. The summed E-state index contributed by atoms with van der Waals surface area (Å²) in [7, 11) is 0. The van der Waals surface area contributed by atoms with Crippen LogP contribution in [0.5, 0.6) is 0 Å². The average molecular weight is 583 g/mol. The molecular weight excluding hydrogens is 554 g/mol. The van der Waals surface area contributed by atoms with E-state index in [1.807, 2.05) is 6.92 Å². The highest BCUT2D eigenvalue weighted by molar-refractivity contribution is 8.00. The molecule has 2 aromatic heterocycles. The molecule has 0 saturated carbocycles. The number of rotatable bonds is 10. The summed E-state index contributed by atoms with van der Waals surface area (Å²) in [4.78, 5) is 53.3. The number of hydrogen-bond acceptors (Lipinski definition) is 13. The number of aryl methyl sites for hydroxylation is 1. The van der Waals surface area contributed by atoms with E-state index in [0.717, 1.165) is 28.7 Å². The molecule has 0 radical (unpaired) electrons. The zero-order valence-corrected chi connectivity index (χ0v) is 23.1. The van der Waals surface area contributed by atoms with Crippen LogP contribution in [-0.4, -0.2) is 79.5 Å². The van der Waals surface area contributed by atoms with Gasteiger partial charge in [-0.3, -0.25) is 20.2 Å². The predicted octanol–water partition coefficient (Wildman–Crippen LogP) is -0.730. The molecule has 204 valence electrons. The summed E-state index contributed by atoms with van der Waals surface area (Å²) in [5, 5.41) is 18.4. The molecule has 0 bridgehead atoms. The summed E-state index contributed by atoms with van der Waals surface area (Å²) in [6.07, 6.45) is 2.32. The third-order valence-corrected chi connectivity index (χ3v) is 9.59. The van der Waals surface area contributed by atoms with Crippen molar-refractivity contribution in [2.45, 2.75) is 36.8 Å². The number of carboxylic acids is 1. The summed E-state index contributed by atoms with van der Waals surface area (Å²) in [5.41, 5.74) is 11.3. The van der Waals surface area contributed by atoms with Gasteiger partial charge in [0.25, 0.3) is 5.91 Å². The van der Waals surface area contributed by atoms with Crippen molar-refractivity contribution in [1.82, 2.24) is 20.2 Å². The number of carbonyl (C=O) groups is 3. The molecular formula is C21H28N9O5S3+. The topological polar surface area (TPSA) is 216 Å². The van der Waals surface area contributed by atoms with Crippen molar-refractivity contribution in [3.8, 4) is 0 Å². The second kappa shape index (κ2) is 11.2. The van der Waals surface area contributed by atoms with Crippen LogP contribution >= 0.6 is 34.9 Å². The Morgan fingerprint density at radius 3 is 2.79 bits per heavy atom. The Kier molecular flexibility index (Phi) is 8.17. The molecule has 2 fully saturated rings. The van der Waals surface area contributed by atoms with Gasteiger partial charge in [0.2, 0.25) is 11.7 Å². The van der Waals surface area contributed by atoms with Crippen LogP contribution in [0.4, 0.5) is 10.9 Å². The number of hydrogen-bond donors (Lipinski definition) is 5. The van der Waals surface area contributed by atoms with Gasteiger partial charge in [0.05, 0.1) is 5.56 Å². The standard InChI is InChI=1S/C21H27N9O5S3/c1-3-10-5-30(24)20(27-14(10)22)38-9-21(18(33)34)7-29-16(32)13(17(29)37-8-21)26-15(31)12(28-35-4-2)11-6-36-19(23)25-11/h5-6,13,17,22H,3-4,7-9,24H2,1-2H3,(H4,23,25,26,31,33,34)/p+1/t13?,17-,21?/m1/s1. The number of β-lactam (4-membered cyclic amide) rings is 1. The van der Waals surface area contributed by atoms with Gasteiger partial charge in [0.15, 0.2) is 10.8 Å². The minimum atomic E-state index is -1.25. The van der Waals surface area contributed by atoms with E-state index >= 15 is 0 Å². The van der Waals surface area contributed by atoms with E-state index < -0.39 is 28.7 Å². The normalized spacial score (nSPS) is 22.9. The van der Waals surface area contributed by atoms with Gasteiger partial charge >= 0.3 is 11.1 Å². The second-order valence-electron chi connectivity index (χ2n) is 8.62. The molecule has 2 aliphatic rings. The number of nitrogens with one attached hydrogen (secondary N) is 1. The smallest absolute Gasteiger partial charge is 0.384 e. The number of anilines is 2. The first kappa shape index (κ1) is 27.7. The van der Waals surface area contributed by atoms with Crippen LogP contribution in [0.3, 0.4) is 0 Å². The maximum atomic E-state index is 13.0. The van der Waals surface area contributed by atoms with Crippen molar-refractivity contribution >= 4 is 69.3 Å². The number of fused-ring (bicyclic) bond motifs is 1. The van der Waals surface area contributed by atoms with E-state index in [-0.39, 0.29) is 47.1 Å². The molecule has 14 nitrogen and oxygen atoms in total. The van der Waals surface area contributed by atoms with Crippen LogP contribution in [0.25, 0.3) is 0 Å². The van der Waals surface area contributed by atoms with Crippen molar-refractivity contribution in [2.24, 2.45) is 10.6 Å². The number of aliphatic carboxylic acids is 1. The third-order valence-electron chi connectivity index (χ3n) is 6.07. The Balaban J connectivity index is 1.44. The van der Waals surface area contributed by atoms with E-state index in [4.69, 9.17) is 22.1 Å². The number of nitrogens with zero attached hydrogens (tertiary/aromatic N) is 5. The highest BCUT2D eigenvalue weighted by Gasteiger charge is 2.57. The highest BCUT2D eigenvalue weighted by Crippen LogP contribution is 2.44. The number of amides is 2. The quantitative estimate of drug-likeness (QED) is 0.0446. The molecule has 2 saturated heterocycles. The molecule has 2 aliphatic heterocycles. The SMILES string of the molecule is CCON=C(C(=O)NC1C(=O)N2CC(CSc3nc(N)c(CC)c[n+]3N)(C(=O)O)CS[C@H]12)c1csc(N)n1. The number of oxime groups is 1. The molecule has 8 N–H and O–H groups in total.